The molecule has 0 aliphatic carbocycles. The van der Waals surface area contributed by atoms with Gasteiger partial charge < -0.3 is 9.59 Å². The van der Waals surface area contributed by atoms with Gasteiger partial charge in [0.1, 0.15) is 0 Å². The minimum atomic E-state index is 0.353. The Bertz CT molecular complexity index is 149. The summed E-state index contributed by atoms with van der Waals surface area (Å²) in [6.07, 6.45) is 10.2. The number of quaternary nitrogens is 1. The molecule has 0 aliphatic rings. The highest BCUT2D eigenvalue weighted by molar-refractivity contribution is 4.50. The summed E-state index contributed by atoms with van der Waals surface area (Å²) in [7, 11) is 0. The number of rotatable bonds is 13. The minimum absolute atomic E-state index is 0.353. The molecule has 0 rings (SSSR count). The van der Waals surface area contributed by atoms with Gasteiger partial charge in [0, 0.05) is 13.0 Å². The van der Waals surface area contributed by atoms with Gasteiger partial charge in [-0.3, -0.25) is 0 Å². The molecule has 110 valence electrons. The van der Waals surface area contributed by atoms with Crippen LogP contribution in [0.4, 0.5) is 0 Å². The van der Waals surface area contributed by atoms with Crippen molar-refractivity contribution >= 4 is 0 Å². The minimum Gasteiger partial charge on any atom is -0.396 e. The summed E-state index contributed by atoms with van der Waals surface area (Å²) in [4.78, 5) is 0. The van der Waals surface area contributed by atoms with Gasteiger partial charge in [0.2, 0.25) is 0 Å². The van der Waals surface area contributed by atoms with Crippen LogP contribution >= 0.6 is 0 Å². The average molecular weight is 258 g/mol. The normalized spacial score (nSPS) is 12.0. The molecule has 0 saturated heterocycles. The molecule has 0 saturated carbocycles. The summed E-state index contributed by atoms with van der Waals surface area (Å²) < 4.78 is 1.27. The highest BCUT2D eigenvalue weighted by Gasteiger charge is 2.24. The zero-order chi connectivity index (χ0) is 13.7. The van der Waals surface area contributed by atoms with Crippen LogP contribution in [0.25, 0.3) is 0 Å². The van der Waals surface area contributed by atoms with E-state index in [0.29, 0.717) is 6.61 Å². The summed E-state index contributed by atoms with van der Waals surface area (Å²) in [6.45, 7) is 12.3. The SMILES string of the molecule is CCCCC[N+](CCCC)(CCCC)CCCO. The van der Waals surface area contributed by atoms with E-state index >= 15 is 0 Å². The molecule has 0 atom stereocenters. The fraction of sp³-hybridized carbons (Fsp3) is 1.00. The van der Waals surface area contributed by atoms with Gasteiger partial charge >= 0.3 is 0 Å². The van der Waals surface area contributed by atoms with E-state index in [1.807, 2.05) is 0 Å². The second-order valence-corrected chi connectivity index (χ2v) is 5.73. The van der Waals surface area contributed by atoms with Crippen molar-refractivity contribution in [3.63, 3.8) is 0 Å². The molecular weight excluding hydrogens is 222 g/mol. The predicted octanol–water partition coefficient (Wildman–Crippen LogP) is 3.98. The molecular formula is C16H36NO+. The standard InChI is InChI=1S/C16H36NO/c1-4-7-10-14-17(12-8-5-2,13-9-6-3)15-11-16-18/h18H,4-16H2,1-3H3/q+1. The fourth-order valence-electron chi connectivity index (χ4n) is 2.76. The molecule has 0 radical (unpaired) electrons. The number of nitrogens with zero attached hydrogens (tertiary/aromatic N) is 1. The Morgan fingerprint density at radius 2 is 1.06 bits per heavy atom. The summed E-state index contributed by atoms with van der Waals surface area (Å²) in [5.41, 5.74) is 0. The Labute approximate surface area is 115 Å². The highest BCUT2D eigenvalue weighted by atomic mass is 16.3. The molecule has 0 amide bonds. The van der Waals surface area contributed by atoms with Gasteiger partial charge in [-0.25, -0.2) is 0 Å². The fourth-order valence-corrected chi connectivity index (χ4v) is 2.76. The van der Waals surface area contributed by atoms with Crippen LogP contribution < -0.4 is 0 Å². The van der Waals surface area contributed by atoms with E-state index in [4.69, 9.17) is 5.11 Å². The van der Waals surface area contributed by atoms with Crippen molar-refractivity contribution in [3.8, 4) is 0 Å². The molecule has 2 nitrogen and oxygen atoms in total. The van der Waals surface area contributed by atoms with Crippen LogP contribution in [-0.4, -0.2) is 42.4 Å². The first-order valence-corrected chi connectivity index (χ1v) is 8.20. The molecule has 0 aliphatic heterocycles. The molecule has 0 fully saturated rings. The highest BCUT2D eigenvalue weighted by Crippen LogP contribution is 2.16. The first-order chi connectivity index (χ1) is 8.74. The zero-order valence-electron chi connectivity index (χ0n) is 13.1. The van der Waals surface area contributed by atoms with E-state index in [9.17, 15) is 0 Å². The van der Waals surface area contributed by atoms with Crippen LogP contribution in [0.3, 0.4) is 0 Å². The number of aliphatic hydroxyl groups excluding tert-OH is 1. The van der Waals surface area contributed by atoms with Crippen molar-refractivity contribution in [1.82, 2.24) is 0 Å². The van der Waals surface area contributed by atoms with Crippen LogP contribution in [0, 0.1) is 0 Å². The molecule has 0 heterocycles. The van der Waals surface area contributed by atoms with Gasteiger partial charge in [-0.1, -0.05) is 40.0 Å². The maximum atomic E-state index is 9.14. The van der Waals surface area contributed by atoms with Crippen LogP contribution in [0.5, 0.6) is 0 Å². The average Bonchev–Trinajstić information content (AvgIpc) is 2.40. The number of hydrogen-bond acceptors (Lipinski definition) is 1. The van der Waals surface area contributed by atoms with E-state index < -0.39 is 0 Å². The van der Waals surface area contributed by atoms with Crippen molar-refractivity contribution in [2.24, 2.45) is 0 Å². The third-order valence-corrected chi connectivity index (χ3v) is 4.00. The smallest absolute Gasteiger partial charge is 0.0808 e. The Balaban J connectivity index is 4.41. The van der Waals surface area contributed by atoms with Crippen molar-refractivity contribution in [1.29, 1.82) is 0 Å². The lowest BCUT2D eigenvalue weighted by Gasteiger charge is -2.39. The molecule has 0 unspecified atom stereocenters. The number of unbranched alkanes of at least 4 members (excludes halogenated alkanes) is 4. The van der Waals surface area contributed by atoms with Gasteiger partial charge in [-0.05, 0) is 25.7 Å². The summed E-state index contributed by atoms with van der Waals surface area (Å²) in [6, 6.07) is 0. The lowest BCUT2D eigenvalue weighted by atomic mass is 10.1. The number of aliphatic hydroxyl groups is 1. The predicted molar refractivity (Wildman–Crippen MR) is 80.8 cm³/mol. The third-order valence-electron chi connectivity index (χ3n) is 4.00. The summed E-state index contributed by atoms with van der Waals surface area (Å²) in [5, 5.41) is 9.14. The zero-order valence-corrected chi connectivity index (χ0v) is 13.1. The molecule has 0 aromatic heterocycles. The van der Waals surface area contributed by atoms with Gasteiger partial charge in [0.05, 0.1) is 26.2 Å². The van der Waals surface area contributed by atoms with Crippen molar-refractivity contribution in [3.05, 3.63) is 0 Å². The van der Waals surface area contributed by atoms with E-state index in [0.717, 1.165) is 6.42 Å². The van der Waals surface area contributed by atoms with E-state index in [1.54, 1.807) is 0 Å². The molecule has 0 aromatic rings. The molecule has 1 N–H and O–H groups in total. The molecule has 0 aromatic carbocycles. The molecule has 18 heavy (non-hydrogen) atoms. The second kappa shape index (κ2) is 12.0. The largest absolute Gasteiger partial charge is 0.396 e. The topological polar surface area (TPSA) is 20.2 Å². The Morgan fingerprint density at radius 3 is 1.50 bits per heavy atom. The second-order valence-electron chi connectivity index (χ2n) is 5.73. The quantitative estimate of drug-likeness (QED) is 0.391. The van der Waals surface area contributed by atoms with E-state index in [-0.39, 0.29) is 0 Å². The van der Waals surface area contributed by atoms with E-state index in [2.05, 4.69) is 20.8 Å². The Kier molecular flexibility index (Phi) is 11.9. The maximum Gasteiger partial charge on any atom is 0.0808 e. The number of hydrogen-bond donors (Lipinski definition) is 1. The summed E-state index contributed by atoms with van der Waals surface area (Å²) in [5.74, 6) is 0. The maximum absolute atomic E-state index is 9.14. The Morgan fingerprint density at radius 1 is 0.611 bits per heavy atom. The van der Waals surface area contributed by atoms with Gasteiger partial charge in [-0.2, -0.15) is 0 Å². The first-order valence-electron chi connectivity index (χ1n) is 8.20. The van der Waals surface area contributed by atoms with Crippen molar-refractivity contribution < 1.29 is 9.59 Å². The molecule has 0 spiro atoms. The Hall–Kier alpha value is -0.0800. The van der Waals surface area contributed by atoms with Crippen LogP contribution in [0.2, 0.25) is 0 Å². The van der Waals surface area contributed by atoms with Crippen LogP contribution in [-0.2, 0) is 0 Å². The van der Waals surface area contributed by atoms with Crippen molar-refractivity contribution in [2.45, 2.75) is 72.1 Å². The van der Waals surface area contributed by atoms with Gasteiger partial charge in [0.25, 0.3) is 0 Å². The molecule has 0 bridgehead atoms. The van der Waals surface area contributed by atoms with Crippen LogP contribution in [0.15, 0.2) is 0 Å². The van der Waals surface area contributed by atoms with E-state index in [1.165, 1.54) is 75.6 Å². The van der Waals surface area contributed by atoms with Gasteiger partial charge in [0.15, 0.2) is 0 Å². The lowest BCUT2D eigenvalue weighted by Crippen LogP contribution is -2.51. The first kappa shape index (κ1) is 17.9. The third kappa shape index (κ3) is 8.10. The monoisotopic (exact) mass is 258 g/mol. The van der Waals surface area contributed by atoms with Crippen LogP contribution in [0.1, 0.15) is 72.1 Å². The van der Waals surface area contributed by atoms with Crippen molar-refractivity contribution in [2.75, 3.05) is 32.8 Å². The molecule has 2 heteroatoms. The lowest BCUT2D eigenvalue weighted by molar-refractivity contribution is -0.929. The summed E-state index contributed by atoms with van der Waals surface area (Å²) >= 11 is 0. The van der Waals surface area contributed by atoms with Gasteiger partial charge in [-0.15, -0.1) is 0 Å².